The number of nitrogens with zero attached hydrogens (tertiary/aromatic N) is 2. The third-order valence-electron chi connectivity index (χ3n) is 17.0. The molecule has 0 fully saturated rings. The minimum atomic E-state index is -0.342. The fraction of sp³-hybridized carbons (Fsp3) is 0.194. The Morgan fingerprint density at radius 3 is 1.95 bits per heavy atom. The first-order valence-corrected chi connectivity index (χ1v) is 27.0. The number of hydrogen-bond acceptors (Lipinski definition) is 6. The van der Waals surface area contributed by atoms with Crippen molar-refractivity contribution >= 4 is 99.7 Å². The summed E-state index contributed by atoms with van der Waals surface area (Å²) in [6, 6.07) is 60.6. The highest BCUT2D eigenvalue weighted by molar-refractivity contribution is 7.25. The van der Waals surface area contributed by atoms with Gasteiger partial charge in [0, 0.05) is 70.9 Å². The zero-order valence-corrected chi connectivity index (χ0v) is 43.9. The van der Waals surface area contributed by atoms with E-state index in [4.69, 9.17) is 13.9 Å². The standard InChI is InChI=1S/C67H55BN2O3S/c1-38-30-48-49(67(7,8)29-28-66(48,5)6)34-52(38)69-54-36-59-58(71-56-23-15-16-24-57(56)72-59)35-50(54)68-62-46(33-47-41-20-12-14-22-55(41)73-64(47)63(62)69)44-32-45-42-21-13-17-25-60(42)74-61(45)37-53(44)70(68)51-27-26-40(65(2,3)4)31-43(51)39-18-10-9-11-19-39/h9-27,30-37H,28-29H2,1-8H3. The van der Waals surface area contributed by atoms with Crippen LogP contribution in [0.1, 0.15) is 83.6 Å². The first-order chi connectivity index (χ1) is 35.7. The van der Waals surface area contributed by atoms with Crippen molar-refractivity contribution < 1.29 is 13.9 Å². The molecule has 5 heterocycles. The summed E-state index contributed by atoms with van der Waals surface area (Å²) in [6.07, 6.45) is 2.25. The summed E-state index contributed by atoms with van der Waals surface area (Å²) < 4.78 is 23.7. The molecule has 0 atom stereocenters. The van der Waals surface area contributed by atoms with Crippen LogP contribution in [0.3, 0.4) is 0 Å². The molecule has 15 rings (SSSR count). The molecule has 4 aliphatic rings. The monoisotopic (exact) mass is 978 g/mol. The molecule has 7 heteroatoms. The van der Waals surface area contributed by atoms with Crippen LogP contribution in [0.5, 0.6) is 23.0 Å². The van der Waals surface area contributed by atoms with Crippen LogP contribution in [0.4, 0.5) is 28.4 Å². The van der Waals surface area contributed by atoms with Gasteiger partial charge in [0.25, 0.3) is 0 Å². The molecule has 0 saturated heterocycles. The first-order valence-electron chi connectivity index (χ1n) is 26.2. The molecule has 0 bridgehead atoms. The van der Waals surface area contributed by atoms with Gasteiger partial charge in [-0.1, -0.05) is 139 Å². The van der Waals surface area contributed by atoms with Gasteiger partial charge in [-0.05, 0) is 147 Å². The minimum absolute atomic E-state index is 0.0345. The SMILES string of the molecule is Cc1cc2c(cc1N1c3cc4c(cc3B3c5c(cc6c(oc7ccccc76)c51)-c1cc5c(cc1N3c1ccc(C(C)(C)C)cc1-c1ccccc1)sc1ccccc15)Oc1ccccc1O4)C(C)(C)CCC2(C)C. The lowest BCUT2D eigenvalue weighted by molar-refractivity contribution is 0.332. The molecule has 3 aliphatic heterocycles. The normalized spacial score (nSPS) is 15.8. The summed E-state index contributed by atoms with van der Waals surface area (Å²) in [5.41, 5.74) is 19.6. The summed E-state index contributed by atoms with van der Waals surface area (Å²) in [5, 5.41) is 4.74. The van der Waals surface area contributed by atoms with Gasteiger partial charge in [0.05, 0.1) is 5.69 Å². The third-order valence-corrected chi connectivity index (χ3v) is 18.2. The molecule has 0 unspecified atom stereocenters. The average Bonchev–Trinajstić information content (AvgIpc) is 4.12. The van der Waals surface area contributed by atoms with Crippen LogP contribution in [0, 0.1) is 6.92 Å². The van der Waals surface area contributed by atoms with Crippen molar-refractivity contribution in [3.63, 3.8) is 0 Å². The van der Waals surface area contributed by atoms with Gasteiger partial charge in [0.1, 0.15) is 5.58 Å². The second-order valence-corrected chi connectivity index (χ2v) is 24.6. The molecule has 1 aliphatic carbocycles. The van der Waals surface area contributed by atoms with Gasteiger partial charge in [0.2, 0.25) is 0 Å². The van der Waals surface area contributed by atoms with Crippen molar-refractivity contribution in [1.29, 1.82) is 0 Å². The van der Waals surface area contributed by atoms with Crippen molar-refractivity contribution in [3.05, 3.63) is 186 Å². The Morgan fingerprint density at radius 1 is 0.527 bits per heavy atom. The third kappa shape index (κ3) is 6.23. The van der Waals surface area contributed by atoms with Crippen LogP contribution in [-0.4, -0.2) is 6.85 Å². The number of para-hydroxylation sites is 3. The summed E-state index contributed by atoms with van der Waals surface area (Å²) in [7, 11) is 0. The van der Waals surface area contributed by atoms with E-state index in [1.54, 1.807) is 0 Å². The number of ether oxygens (including phenoxy) is 2. The van der Waals surface area contributed by atoms with Gasteiger partial charge in [-0.2, -0.15) is 0 Å². The lowest BCUT2D eigenvalue weighted by Gasteiger charge is -2.47. The van der Waals surface area contributed by atoms with Crippen LogP contribution in [-0.2, 0) is 16.2 Å². The zero-order valence-electron chi connectivity index (χ0n) is 43.1. The molecule has 5 nitrogen and oxygen atoms in total. The summed E-state index contributed by atoms with van der Waals surface area (Å²) in [5.74, 6) is 2.78. The van der Waals surface area contributed by atoms with E-state index in [9.17, 15) is 0 Å². The molecular formula is C67H55BN2O3S. The summed E-state index contributed by atoms with van der Waals surface area (Å²) in [4.78, 5) is 5.22. The van der Waals surface area contributed by atoms with Crippen molar-refractivity contribution in [3.8, 4) is 45.3 Å². The quantitative estimate of drug-likeness (QED) is 0.165. The number of hydrogen-bond donors (Lipinski definition) is 0. The van der Waals surface area contributed by atoms with E-state index in [-0.39, 0.29) is 23.1 Å². The van der Waals surface area contributed by atoms with Crippen molar-refractivity contribution in [2.24, 2.45) is 0 Å². The molecule has 0 amide bonds. The maximum atomic E-state index is 7.35. The molecule has 9 aromatic carbocycles. The molecule has 74 heavy (non-hydrogen) atoms. The van der Waals surface area contributed by atoms with Crippen LogP contribution in [0.2, 0.25) is 0 Å². The highest BCUT2D eigenvalue weighted by Crippen LogP contribution is 2.57. The second-order valence-electron chi connectivity index (χ2n) is 23.5. The molecule has 0 spiro atoms. The maximum Gasteiger partial charge on any atom is 0.333 e. The Morgan fingerprint density at radius 2 is 1.19 bits per heavy atom. The molecule has 11 aromatic rings. The second kappa shape index (κ2) is 15.2. The number of thiophene rings is 1. The number of anilines is 5. The zero-order chi connectivity index (χ0) is 50.2. The number of rotatable bonds is 3. The largest absolute Gasteiger partial charge is 0.454 e. The smallest absolute Gasteiger partial charge is 0.333 e. The van der Waals surface area contributed by atoms with Crippen LogP contribution in [0.25, 0.3) is 64.4 Å². The van der Waals surface area contributed by atoms with E-state index in [1.165, 1.54) is 70.1 Å². The molecule has 360 valence electrons. The van der Waals surface area contributed by atoms with Crippen LogP contribution >= 0.6 is 11.3 Å². The van der Waals surface area contributed by atoms with Gasteiger partial charge in [-0.25, -0.2) is 0 Å². The van der Waals surface area contributed by atoms with E-state index in [0.29, 0.717) is 23.0 Å². The molecular weight excluding hydrogens is 924 g/mol. The van der Waals surface area contributed by atoms with Gasteiger partial charge in [0.15, 0.2) is 28.6 Å². The Kier molecular flexibility index (Phi) is 8.99. The van der Waals surface area contributed by atoms with Crippen LogP contribution in [0.15, 0.2) is 168 Å². The predicted molar refractivity (Wildman–Crippen MR) is 311 cm³/mol. The summed E-state index contributed by atoms with van der Waals surface area (Å²) >= 11 is 1.87. The molecule has 0 radical (unpaired) electrons. The number of aryl methyl sites for hydroxylation is 1. The number of fused-ring (bicyclic) bond motifs is 14. The Balaban J connectivity index is 1.13. The lowest BCUT2D eigenvalue weighted by atomic mass is 9.43. The first kappa shape index (κ1) is 43.8. The highest BCUT2D eigenvalue weighted by atomic mass is 32.1. The van der Waals surface area contributed by atoms with Gasteiger partial charge >= 0.3 is 6.85 Å². The van der Waals surface area contributed by atoms with E-state index in [2.05, 4.69) is 205 Å². The van der Waals surface area contributed by atoms with Gasteiger partial charge < -0.3 is 23.6 Å². The Bertz CT molecular complexity index is 4230. The Labute approximate surface area is 436 Å². The van der Waals surface area contributed by atoms with Crippen molar-refractivity contribution in [2.45, 2.75) is 84.5 Å². The topological polar surface area (TPSA) is 38.1 Å². The van der Waals surface area contributed by atoms with Crippen molar-refractivity contribution in [1.82, 2.24) is 0 Å². The van der Waals surface area contributed by atoms with E-state index in [0.717, 1.165) is 68.7 Å². The maximum absolute atomic E-state index is 7.35. The van der Waals surface area contributed by atoms with Gasteiger partial charge in [-0.3, -0.25) is 0 Å². The molecule has 0 saturated carbocycles. The minimum Gasteiger partial charge on any atom is -0.454 e. The molecule has 2 aromatic heterocycles. The fourth-order valence-electron chi connectivity index (χ4n) is 13.0. The van der Waals surface area contributed by atoms with Gasteiger partial charge in [-0.15, -0.1) is 11.3 Å². The number of benzene rings is 9. The molecule has 0 N–H and O–H groups in total. The predicted octanol–water partition coefficient (Wildman–Crippen LogP) is 18.2. The van der Waals surface area contributed by atoms with Crippen LogP contribution < -0.4 is 30.1 Å². The van der Waals surface area contributed by atoms with E-state index < -0.39 is 0 Å². The summed E-state index contributed by atoms with van der Waals surface area (Å²) in [6.45, 7) is 18.6. The van der Waals surface area contributed by atoms with E-state index >= 15 is 0 Å². The Hall–Kier alpha value is -7.74. The lowest BCUT2D eigenvalue weighted by Crippen LogP contribution is -2.61. The van der Waals surface area contributed by atoms with Crippen molar-refractivity contribution in [2.75, 3.05) is 9.71 Å². The fourth-order valence-corrected chi connectivity index (χ4v) is 14.1. The number of furan rings is 1. The highest BCUT2D eigenvalue weighted by Gasteiger charge is 2.49. The van der Waals surface area contributed by atoms with E-state index in [1.807, 2.05) is 35.6 Å². The average molecular weight is 979 g/mol.